The number of ether oxygens (including phenoxy) is 1. The first kappa shape index (κ1) is 20.3. The molecule has 1 aromatic rings. The molecule has 0 aromatic heterocycles. The molecule has 0 saturated heterocycles. The van der Waals surface area contributed by atoms with Crippen molar-refractivity contribution >= 4 is 5.96 Å². The summed E-state index contributed by atoms with van der Waals surface area (Å²) in [5.74, 6) is 2.48. The molecule has 2 N–H and O–H groups in total. The number of hydrogen-bond donors (Lipinski definition) is 2. The van der Waals surface area contributed by atoms with Gasteiger partial charge in [0.15, 0.2) is 5.96 Å². The monoisotopic (exact) mass is 334 g/mol. The molecular weight excluding hydrogens is 300 g/mol. The second-order valence-corrected chi connectivity index (χ2v) is 6.67. The summed E-state index contributed by atoms with van der Waals surface area (Å²) >= 11 is 0. The zero-order valence-corrected chi connectivity index (χ0v) is 16.1. The number of hydrogen-bond acceptors (Lipinski definition) is 3. The lowest BCUT2D eigenvalue weighted by molar-refractivity contribution is 0.297. The number of nitrogens with one attached hydrogen (secondary N) is 2. The fourth-order valence-corrected chi connectivity index (χ4v) is 2.58. The summed E-state index contributed by atoms with van der Waals surface area (Å²) in [6.07, 6.45) is 2.39. The minimum atomic E-state index is 0.245. The topological polar surface area (TPSA) is 48.9 Å². The lowest BCUT2D eigenvalue weighted by Gasteiger charge is -2.26. The first-order chi connectivity index (χ1) is 11.5. The number of methoxy groups -OCH3 is 1. The fourth-order valence-electron chi connectivity index (χ4n) is 2.58. The van der Waals surface area contributed by atoms with Crippen LogP contribution in [0.15, 0.2) is 29.3 Å². The summed E-state index contributed by atoms with van der Waals surface area (Å²) in [6.45, 7) is 6.24. The molecule has 1 aromatic carbocycles. The number of rotatable bonds is 9. The van der Waals surface area contributed by atoms with Crippen molar-refractivity contribution in [3.8, 4) is 5.75 Å². The second kappa shape index (κ2) is 10.9. The molecule has 0 heterocycles. The van der Waals surface area contributed by atoms with E-state index in [1.54, 1.807) is 7.11 Å². The predicted octanol–water partition coefficient (Wildman–Crippen LogP) is 2.90. The van der Waals surface area contributed by atoms with Gasteiger partial charge in [-0.1, -0.05) is 26.0 Å². The van der Waals surface area contributed by atoms with Crippen molar-refractivity contribution in [2.24, 2.45) is 10.9 Å². The van der Waals surface area contributed by atoms with E-state index in [2.05, 4.69) is 60.6 Å². The zero-order valence-electron chi connectivity index (χ0n) is 16.1. The lowest BCUT2D eigenvalue weighted by atomic mass is 10.1. The summed E-state index contributed by atoms with van der Waals surface area (Å²) < 4.78 is 5.34. The van der Waals surface area contributed by atoms with Gasteiger partial charge in [0.25, 0.3) is 0 Å². The van der Waals surface area contributed by atoms with Crippen molar-refractivity contribution in [1.29, 1.82) is 0 Å². The van der Waals surface area contributed by atoms with E-state index in [0.717, 1.165) is 37.1 Å². The number of nitrogens with zero attached hydrogens (tertiary/aromatic N) is 2. The number of likely N-dealkylation sites (N-methyl/N-ethyl adjacent to an activating group) is 1. The van der Waals surface area contributed by atoms with Gasteiger partial charge in [0.2, 0.25) is 0 Å². The van der Waals surface area contributed by atoms with Crippen LogP contribution in [-0.4, -0.2) is 52.2 Å². The summed E-state index contributed by atoms with van der Waals surface area (Å²) in [5.41, 5.74) is 1.22. The Morgan fingerprint density at radius 3 is 2.58 bits per heavy atom. The van der Waals surface area contributed by atoms with Crippen LogP contribution in [0.25, 0.3) is 0 Å². The number of aliphatic imine (C=N–C) groups is 1. The maximum atomic E-state index is 5.34. The largest absolute Gasteiger partial charge is 0.497 e. The van der Waals surface area contributed by atoms with Crippen LogP contribution >= 0.6 is 0 Å². The second-order valence-electron chi connectivity index (χ2n) is 6.67. The van der Waals surface area contributed by atoms with Crippen molar-refractivity contribution in [1.82, 2.24) is 15.5 Å². The van der Waals surface area contributed by atoms with Crippen molar-refractivity contribution in [3.63, 3.8) is 0 Å². The maximum Gasteiger partial charge on any atom is 0.191 e. The Hall–Kier alpha value is -1.75. The minimum Gasteiger partial charge on any atom is -0.497 e. The van der Waals surface area contributed by atoms with Crippen LogP contribution in [0, 0.1) is 5.92 Å². The Balaban J connectivity index is 2.58. The highest BCUT2D eigenvalue weighted by Gasteiger charge is 2.15. The summed E-state index contributed by atoms with van der Waals surface area (Å²) in [6, 6.07) is 8.47. The molecule has 0 radical (unpaired) electrons. The Bertz CT molecular complexity index is 500. The lowest BCUT2D eigenvalue weighted by Crippen LogP contribution is -2.42. The van der Waals surface area contributed by atoms with Crippen LogP contribution in [0.2, 0.25) is 0 Å². The zero-order chi connectivity index (χ0) is 17.9. The molecular formula is C19H34N4O. The molecule has 0 bridgehead atoms. The molecule has 1 atom stereocenters. The maximum absolute atomic E-state index is 5.34. The van der Waals surface area contributed by atoms with Gasteiger partial charge in [0.05, 0.1) is 13.2 Å². The summed E-state index contributed by atoms with van der Waals surface area (Å²) in [7, 11) is 7.69. The van der Waals surface area contributed by atoms with E-state index >= 15 is 0 Å². The smallest absolute Gasteiger partial charge is 0.191 e. The molecule has 1 unspecified atom stereocenters. The van der Waals surface area contributed by atoms with Crippen LogP contribution in [0.5, 0.6) is 5.75 Å². The molecule has 0 amide bonds. The van der Waals surface area contributed by atoms with Crippen molar-refractivity contribution in [2.45, 2.75) is 32.7 Å². The number of guanidine groups is 1. The Labute approximate surface area is 147 Å². The number of benzene rings is 1. The van der Waals surface area contributed by atoms with E-state index in [9.17, 15) is 0 Å². The first-order valence-electron chi connectivity index (χ1n) is 8.72. The van der Waals surface area contributed by atoms with Gasteiger partial charge in [0, 0.05) is 20.1 Å². The molecule has 1 rings (SSSR count). The molecule has 5 nitrogen and oxygen atoms in total. The van der Waals surface area contributed by atoms with Crippen molar-refractivity contribution < 1.29 is 4.74 Å². The van der Waals surface area contributed by atoms with Crippen molar-refractivity contribution in [3.05, 3.63) is 29.8 Å². The van der Waals surface area contributed by atoms with E-state index in [-0.39, 0.29) is 6.04 Å². The highest BCUT2D eigenvalue weighted by atomic mass is 16.5. The highest BCUT2D eigenvalue weighted by Crippen LogP contribution is 2.22. The van der Waals surface area contributed by atoms with Crippen LogP contribution in [-0.2, 0) is 0 Å². The summed E-state index contributed by atoms with van der Waals surface area (Å²) in [4.78, 5) is 6.52. The van der Waals surface area contributed by atoms with Gasteiger partial charge in [-0.15, -0.1) is 0 Å². The van der Waals surface area contributed by atoms with E-state index in [4.69, 9.17) is 4.74 Å². The fraction of sp³-hybridized carbons (Fsp3) is 0.632. The molecule has 24 heavy (non-hydrogen) atoms. The molecule has 0 aliphatic heterocycles. The molecule has 0 aliphatic carbocycles. The first-order valence-corrected chi connectivity index (χ1v) is 8.72. The molecule has 0 aliphatic rings. The Kier molecular flexibility index (Phi) is 9.23. The van der Waals surface area contributed by atoms with Gasteiger partial charge in [-0.2, -0.15) is 0 Å². The third-order valence-corrected chi connectivity index (χ3v) is 4.04. The van der Waals surface area contributed by atoms with E-state index in [1.807, 2.05) is 19.2 Å². The Morgan fingerprint density at radius 2 is 2.00 bits per heavy atom. The van der Waals surface area contributed by atoms with Crippen LogP contribution < -0.4 is 15.4 Å². The normalized spacial score (nSPS) is 13.2. The van der Waals surface area contributed by atoms with Gasteiger partial charge < -0.3 is 20.3 Å². The molecule has 0 fully saturated rings. The summed E-state index contributed by atoms with van der Waals surface area (Å²) in [5, 5.41) is 6.82. The predicted molar refractivity (Wildman–Crippen MR) is 103 cm³/mol. The van der Waals surface area contributed by atoms with Gasteiger partial charge >= 0.3 is 0 Å². The molecule has 136 valence electrons. The third-order valence-electron chi connectivity index (χ3n) is 4.04. The SMILES string of the molecule is CN=C(NCCCC(C)C)NCC(c1cccc(OC)c1)N(C)C. The minimum absolute atomic E-state index is 0.245. The van der Waals surface area contributed by atoms with E-state index < -0.39 is 0 Å². The molecule has 0 spiro atoms. The molecule has 0 saturated carbocycles. The van der Waals surface area contributed by atoms with Crippen LogP contribution in [0.4, 0.5) is 0 Å². The highest BCUT2D eigenvalue weighted by molar-refractivity contribution is 5.79. The van der Waals surface area contributed by atoms with Gasteiger partial charge in [-0.3, -0.25) is 4.99 Å². The average molecular weight is 335 g/mol. The van der Waals surface area contributed by atoms with Gasteiger partial charge in [-0.25, -0.2) is 0 Å². The van der Waals surface area contributed by atoms with Crippen molar-refractivity contribution in [2.75, 3.05) is 41.3 Å². The van der Waals surface area contributed by atoms with Gasteiger partial charge in [0.1, 0.15) is 5.75 Å². The van der Waals surface area contributed by atoms with Crippen LogP contribution in [0.1, 0.15) is 38.3 Å². The Morgan fingerprint density at radius 1 is 1.25 bits per heavy atom. The third kappa shape index (κ3) is 7.21. The standard InChI is InChI=1S/C19H34N4O/c1-15(2)9-8-12-21-19(20-3)22-14-18(23(4)5)16-10-7-11-17(13-16)24-6/h7,10-11,13,15,18H,8-9,12,14H2,1-6H3,(H2,20,21,22). The quantitative estimate of drug-likeness (QED) is 0.414. The van der Waals surface area contributed by atoms with Crippen LogP contribution in [0.3, 0.4) is 0 Å². The average Bonchev–Trinajstić information content (AvgIpc) is 2.56. The molecule has 5 heteroatoms. The van der Waals surface area contributed by atoms with E-state index in [1.165, 1.54) is 12.0 Å². The van der Waals surface area contributed by atoms with Gasteiger partial charge in [-0.05, 0) is 50.6 Å². The van der Waals surface area contributed by atoms with E-state index in [0.29, 0.717) is 0 Å².